The van der Waals surface area contributed by atoms with Gasteiger partial charge in [0.1, 0.15) is 0 Å². The average Bonchev–Trinajstić information content (AvgIpc) is 2.71. The van der Waals surface area contributed by atoms with Gasteiger partial charge >= 0.3 is 0 Å². The van der Waals surface area contributed by atoms with Gasteiger partial charge in [0.15, 0.2) is 0 Å². The highest BCUT2D eigenvalue weighted by Gasteiger charge is 2.05. The molecule has 0 amide bonds. The maximum absolute atomic E-state index is 10.1. The molecular weight excluding hydrogens is 358 g/mol. The Kier molecular flexibility index (Phi) is 24.0. The van der Waals surface area contributed by atoms with Crippen LogP contribution >= 0.6 is 0 Å². The number of aliphatic hydroxyl groups excluding tert-OH is 1. The molecule has 4 N–H and O–H groups in total. The Bertz CT molecular complexity index is 296. The lowest BCUT2D eigenvalue weighted by Gasteiger charge is -2.21. The lowest BCUT2D eigenvalue weighted by Crippen LogP contribution is -2.38. The summed E-state index contributed by atoms with van der Waals surface area (Å²) in [6.07, 6.45) is 21.3. The number of nitrogens with two attached hydrogens (primary N) is 1. The van der Waals surface area contributed by atoms with E-state index in [1.54, 1.807) is 0 Å². The molecule has 0 fully saturated rings. The normalized spacial score (nSPS) is 12.7. The summed E-state index contributed by atoms with van der Waals surface area (Å²) in [7, 11) is 0. The first kappa shape index (κ1) is 28.8. The quantitative estimate of drug-likeness (QED) is 0.183. The standard InChI is InChI=1S/C25H55N3O/c1-3-5-6-7-8-9-10-11-12-13-14-15-16-17-18-25(29)24-27-20-23-28(21-4-2)22-19-26/h25,27,29H,3-24,26H2,1-2H3. The molecule has 176 valence electrons. The van der Waals surface area contributed by atoms with Crippen LogP contribution in [0, 0.1) is 0 Å². The minimum absolute atomic E-state index is 0.193. The van der Waals surface area contributed by atoms with Crippen molar-refractivity contribution >= 4 is 0 Å². The Morgan fingerprint density at radius 3 is 1.69 bits per heavy atom. The van der Waals surface area contributed by atoms with E-state index < -0.39 is 0 Å². The molecule has 0 rings (SSSR count). The molecule has 29 heavy (non-hydrogen) atoms. The van der Waals surface area contributed by atoms with Gasteiger partial charge in [0, 0.05) is 32.7 Å². The SMILES string of the molecule is CCCCCCCCCCCCCCCCC(O)CNCCN(CCC)CCN. The highest BCUT2D eigenvalue weighted by Crippen LogP contribution is 2.13. The molecule has 0 aromatic heterocycles. The Labute approximate surface area is 183 Å². The summed E-state index contributed by atoms with van der Waals surface area (Å²) >= 11 is 0. The molecule has 1 unspecified atom stereocenters. The molecule has 0 saturated heterocycles. The molecule has 0 spiro atoms. The first-order valence-electron chi connectivity index (χ1n) is 13.1. The molecule has 0 aromatic rings. The predicted molar refractivity (Wildman–Crippen MR) is 130 cm³/mol. The maximum atomic E-state index is 10.1. The van der Waals surface area contributed by atoms with Crippen LogP contribution in [0.25, 0.3) is 0 Å². The highest BCUT2D eigenvalue weighted by atomic mass is 16.3. The van der Waals surface area contributed by atoms with Crippen LogP contribution in [0.2, 0.25) is 0 Å². The Balaban J connectivity index is 3.28. The first-order chi connectivity index (χ1) is 14.2. The fourth-order valence-electron chi connectivity index (χ4n) is 4.02. The van der Waals surface area contributed by atoms with Gasteiger partial charge < -0.3 is 21.1 Å². The topological polar surface area (TPSA) is 61.5 Å². The van der Waals surface area contributed by atoms with Gasteiger partial charge in [0.25, 0.3) is 0 Å². The maximum Gasteiger partial charge on any atom is 0.0664 e. The van der Waals surface area contributed by atoms with Crippen molar-refractivity contribution in [3.05, 3.63) is 0 Å². The van der Waals surface area contributed by atoms with Crippen molar-refractivity contribution in [2.45, 2.75) is 123 Å². The van der Waals surface area contributed by atoms with Crippen molar-refractivity contribution < 1.29 is 5.11 Å². The van der Waals surface area contributed by atoms with Crippen LogP contribution in [0.5, 0.6) is 0 Å². The number of hydrogen-bond donors (Lipinski definition) is 3. The zero-order valence-electron chi connectivity index (χ0n) is 20.1. The summed E-state index contributed by atoms with van der Waals surface area (Å²) in [5.41, 5.74) is 5.65. The van der Waals surface area contributed by atoms with Crippen molar-refractivity contribution in [2.75, 3.05) is 39.3 Å². The van der Waals surface area contributed by atoms with Crippen LogP contribution in [0.1, 0.15) is 117 Å². The van der Waals surface area contributed by atoms with Crippen molar-refractivity contribution in [2.24, 2.45) is 5.73 Å². The third-order valence-electron chi connectivity index (χ3n) is 5.86. The molecule has 4 nitrogen and oxygen atoms in total. The Morgan fingerprint density at radius 1 is 0.690 bits per heavy atom. The number of aliphatic hydroxyl groups is 1. The Morgan fingerprint density at radius 2 is 1.21 bits per heavy atom. The van der Waals surface area contributed by atoms with Crippen molar-refractivity contribution in [1.29, 1.82) is 0 Å². The average molecular weight is 414 g/mol. The molecule has 0 saturated carbocycles. The minimum Gasteiger partial charge on any atom is -0.392 e. The van der Waals surface area contributed by atoms with Gasteiger partial charge in [0.2, 0.25) is 0 Å². The van der Waals surface area contributed by atoms with Crippen LogP contribution in [-0.2, 0) is 0 Å². The predicted octanol–water partition coefficient (Wildman–Crippen LogP) is 5.48. The summed E-state index contributed by atoms with van der Waals surface area (Å²) in [4.78, 5) is 2.40. The molecule has 0 aromatic carbocycles. The van der Waals surface area contributed by atoms with Crippen molar-refractivity contribution in [3.8, 4) is 0 Å². The third kappa shape index (κ3) is 22.3. The number of unbranched alkanes of at least 4 members (excludes halogenated alkanes) is 13. The van der Waals surface area contributed by atoms with E-state index in [1.165, 1.54) is 89.9 Å². The zero-order valence-corrected chi connectivity index (χ0v) is 20.1. The zero-order chi connectivity index (χ0) is 21.4. The first-order valence-corrected chi connectivity index (χ1v) is 13.1. The second-order valence-electron chi connectivity index (χ2n) is 8.87. The van der Waals surface area contributed by atoms with E-state index in [0.717, 1.165) is 52.1 Å². The summed E-state index contributed by atoms with van der Waals surface area (Å²) in [6.45, 7) is 9.98. The summed E-state index contributed by atoms with van der Waals surface area (Å²) in [6, 6.07) is 0. The second-order valence-corrected chi connectivity index (χ2v) is 8.87. The van der Waals surface area contributed by atoms with Gasteiger partial charge in [0.05, 0.1) is 6.10 Å². The molecule has 4 heteroatoms. The van der Waals surface area contributed by atoms with Gasteiger partial charge in [-0.05, 0) is 19.4 Å². The molecule has 1 atom stereocenters. The number of nitrogens with one attached hydrogen (secondary N) is 1. The van der Waals surface area contributed by atoms with Crippen molar-refractivity contribution in [3.63, 3.8) is 0 Å². The van der Waals surface area contributed by atoms with E-state index in [2.05, 4.69) is 24.1 Å². The summed E-state index contributed by atoms with van der Waals surface area (Å²) in [5, 5.41) is 13.5. The lowest BCUT2D eigenvalue weighted by atomic mass is 10.0. The van der Waals surface area contributed by atoms with Gasteiger partial charge in [-0.25, -0.2) is 0 Å². The molecule has 0 radical (unpaired) electrons. The van der Waals surface area contributed by atoms with E-state index in [-0.39, 0.29) is 6.10 Å². The Hall–Kier alpha value is -0.160. The van der Waals surface area contributed by atoms with Gasteiger partial charge in [-0.1, -0.05) is 104 Å². The van der Waals surface area contributed by atoms with E-state index in [9.17, 15) is 5.11 Å². The van der Waals surface area contributed by atoms with Crippen LogP contribution in [-0.4, -0.2) is 55.4 Å². The number of nitrogens with zero attached hydrogens (tertiary/aromatic N) is 1. The summed E-state index contributed by atoms with van der Waals surface area (Å²) in [5.74, 6) is 0. The lowest BCUT2D eigenvalue weighted by molar-refractivity contribution is 0.156. The molecule has 0 aliphatic carbocycles. The van der Waals surface area contributed by atoms with E-state index >= 15 is 0 Å². The number of rotatable bonds is 24. The largest absolute Gasteiger partial charge is 0.392 e. The summed E-state index contributed by atoms with van der Waals surface area (Å²) < 4.78 is 0. The van der Waals surface area contributed by atoms with Gasteiger partial charge in [-0.3, -0.25) is 0 Å². The van der Waals surface area contributed by atoms with E-state index in [4.69, 9.17) is 5.73 Å². The highest BCUT2D eigenvalue weighted by molar-refractivity contribution is 4.64. The van der Waals surface area contributed by atoms with Gasteiger partial charge in [-0.2, -0.15) is 0 Å². The monoisotopic (exact) mass is 413 g/mol. The van der Waals surface area contributed by atoms with Gasteiger partial charge in [-0.15, -0.1) is 0 Å². The smallest absolute Gasteiger partial charge is 0.0664 e. The van der Waals surface area contributed by atoms with Crippen molar-refractivity contribution in [1.82, 2.24) is 10.2 Å². The van der Waals surface area contributed by atoms with Crippen LogP contribution in [0.3, 0.4) is 0 Å². The molecule has 0 heterocycles. The molecule has 0 bridgehead atoms. The van der Waals surface area contributed by atoms with Crippen LogP contribution < -0.4 is 11.1 Å². The second kappa shape index (κ2) is 24.1. The minimum atomic E-state index is -0.193. The van der Waals surface area contributed by atoms with Crippen LogP contribution in [0.4, 0.5) is 0 Å². The third-order valence-corrected chi connectivity index (χ3v) is 5.86. The fourth-order valence-corrected chi connectivity index (χ4v) is 4.02. The van der Waals surface area contributed by atoms with E-state index in [1.807, 2.05) is 0 Å². The fraction of sp³-hybridized carbons (Fsp3) is 1.00. The van der Waals surface area contributed by atoms with Crippen LogP contribution in [0.15, 0.2) is 0 Å². The molecule has 0 aliphatic heterocycles. The molecular formula is C25H55N3O. The number of hydrogen-bond acceptors (Lipinski definition) is 4. The van der Waals surface area contributed by atoms with E-state index in [0.29, 0.717) is 0 Å². The molecule has 0 aliphatic rings.